The van der Waals surface area contributed by atoms with E-state index in [0.717, 1.165) is 29.9 Å². The van der Waals surface area contributed by atoms with Crippen LogP contribution in [0.2, 0.25) is 0 Å². The fraction of sp³-hybridized carbons (Fsp3) is 0.231. The quantitative estimate of drug-likeness (QED) is 0.566. The standard InChI is InChI=1S/C13H12F.2ClH.Hf/c1-9-6-10(2)13(7-9)11-4-3-5-12(14)8-11;;;/h3-5,7-9H,1-2H3;2*1H;. The fourth-order valence-electron chi connectivity index (χ4n) is 1.91. The van der Waals surface area contributed by atoms with Crippen LogP contribution in [0, 0.1) is 11.7 Å². The molecule has 0 nitrogen and oxygen atoms in total. The van der Waals surface area contributed by atoms with Crippen LogP contribution < -0.4 is 0 Å². The summed E-state index contributed by atoms with van der Waals surface area (Å²) in [4.78, 5) is 0. The van der Waals surface area contributed by atoms with Crippen molar-refractivity contribution in [3.63, 3.8) is 0 Å². The molecule has 1 aliphatic carbocycles. The first-order chi connectivity index (χ1) is 7.09. The zero-order valence-corrected chi connectivity index (χ0v) is 14.9. The van der Waals surface area contributed by atoms with E-state index in [1.165, 1.54) is 20.5 Å². The van der Waals surface area contributed by atoms with Gasteiger partial charge in [0.05, 0.1) is 0 Å². The number of hydrogen-bond donors (Lipinski definition) is 0. The van der Waals surface area contributed by atoms with Crippen LogP contribution >= 0.6 is 24.8 Å². The van der Waals surface area contributed by atoms with Crippen molar-refractivity contribution >= 4 is 30.4 Å². The fourth-order valence-corrected chi connectivity index (χ4v) is 2.70. The molecule has 1 unspecified atom stereocenters. The molecule has 0 spiro atoms. The van der Waals surface area contributed by atoms with Crippen LogP contribution in [-0.4, -0.2) is 0 Å². The molecule has 0 radical (unpaired) electrons. The monoisotopic (exact) mass is 439 g/mol. The third-order valence-electron chi connectivity index (χ3n) is 2.82. The van der Waals surface area contributed by atoms with Crippen LogP contribution in [-0.2, 0) is 24.4 Å². The Morgan fingerprint density at radius 3 is 2.35 bits per heavy atom. The van der Waals surface area contributed by atoms with Crippen molar-refractivity contribution in [2.45, 2.75) is 13.8 Å². The third kappa shape index (κ3) is 3.52. The van der Waals surface area contributed by atoms with Gasteiger partial charge in [0.1, 0.15) is 0 Å². The van der Waals surface area contributed by atoms with Gasteiger partial charge in [-0.2, -0.15) is 0 Å². The number of allylic oxidation sites excluding steroid dienone is 4. The van der Waals surface area contributed by atoms with Gasteiger partial charge in [-0.1, -0.05) is 0 Å². The van der Waals surface area contributed by atoms with Gasteiger partial charge in [0.2, 0.25) is 0 Å². The number of rotatable bonds is 1. The zero-order valence-electron chi connectivity index (χ0n) is 9.66. The smallest absolute Gasteiger partial charge is 0.147 e. The second-order valence-corrected chi connectivity index (χ2v) is 5.85. The van der Waals surface area contributed by atoms with Gasteiger partial charge in [-0.25, -0.2) is 0 Å². The summed E-state index contributed by atoms with van der Waals surface area (Å²) in [6.07, 6.45) is 2.24. The van der Waals surface area contributed by atoms with Crippen molar-refractivity contribution in [2.24, 2.45) is 5.92 Å². The van der Waals surface area contributed by atoms with E-state index in [4.69, 9.17) is 0 Å². The molecule has 91 valence electrons. The van der Waals surface area contributed by atoms with Gasteiger partial charge in [0, 0.05) is 0 Å². The van der Waals surface area contributed by atoms with Gasteiger partial charge < -0.3 is 0 Å². The average Bonchev–Trinajstić information content (AvgIpc) is 2.46. The van der Waals surface area contributed by atoms with Gasteiger partial charge in [-0.3, -0.25) is 0 Å². The molecule has 4 heteroatoms. The SMILES string of the molecule is CC1=[C]([Hf])C(C)C=C1c1cccc(F)c1.Cl.Cl. The Balaban J connectivity index is 0.00000128. The largest absolute Gasteiger partial charge is 0.147 e. The molecule has 0 N–H and O–H groups in total. The molecule has 0 amide bonds. The van der Waals surface area contributed by atoms with Crippen LogP contribution in [0.3, 0.4) is 0 Å². The molecule has 1 atom stereocenters. The summed E-state index contributed by atoms with van der Waals surface area (Å²) >= 11 is 1.09. The molecule has 0 aliphatic heterocycles. The Hall–Kier alpha value is 0.0801. The zero-order chi connectivity index (χ0) is 11.0. The minimum absolute atomic E-state index is 0. The molecule has 0 saturated carbocycles. The molecule has 0 bridgehead atoms. The van der Waals surface area contributed by atoms with Crippen LogP contribution in [0.1, 0.15) is 19.4 Å². The Bertz CT molecular complexity index is 466. The molecule has 1 aromatic carbocycles. The molecule has 2 rings (SSSR count). The topological polar surface area (TPSA) is 0 Å². The first-order valence-corrected chi connectivity index (χ1v) is 6.79. The molecule has 0 fully saturated rings. The Morgan fingerprint density at radius 2 is 1.88 bits per heavy atom. The molecule has 0 aromatic heterocycles. The van der Waals surface area contributed by atoms with E-state index in [-0.39, 0.29) is 30.6 Å². The van der Waals surface area contributed by atoms with E-state index in [2.05, 4.69) is 19.9 Å². The van der Waals surface area contributed by atoms with Crippen molar-refractivity contribution in [3.05, 3.63) is 50.6 Å². The van der Waals surface area contributed by atoms with Gasteiger partial charge >= 0.3 is 105 Å². The Kier molecular flexibility index (Phi) is 6.90. The summed E-state index contributed by atoms with van der Waals surface area (Å²) in [7, 11) is 0. The van der Waals surface area contributed by atoms with Crippen molar-refractivity contribution in [3.8, 4) is 0 Å². The van der Waals surface area contributed by atoms with Crippen molar-refractivity contribution in [1.29, 1.82) is 0 Å². The summed E-state index contributed by atoms with van der Waals surface area (Å²) in [6.45, 7) is 4.35. The number of hydrogen-bond acceptors (Lipinski definition) is 0. The van der Waals surface area contributed by atoms with Gasteiger partial charge in [0.25, 0.3) is 0 Å². The second-order valence-electron chi connectivity index (χ2n) is 3.92. The predicted molar refractivity (Wildman–Crippen MR) is 70.7 cm³/mol. The Labute approximate surface area is 129 Å². The minimum atomic E-state index is -0.157. The van der Waals surface area contributed by atoms with E-state index in [1.54, 1.807) is 12.1 Å². The molecule has 0 heterocycles. The van der Waals surface area contributed by atoms with E-state index in [1.807, 2.05) is 6.07 Å². The summed E-state index contributed by atoms with van der Waals surface area (Å²) in [5, 5.41) is 0. The number of benzene rings is 1. The molecular formula is C13H14Cl2FHf. The van der Waals surface area contributed by atoms with Crippen LogP contribution in [0.4, 0.5) is 4.39 Å². The van der Waals surface area contributed by atoms with Crippen molar-refractivity contribution < 1.29 is 28.8 Å². The molecule has 17 heavy (non-hydrogen) atoms. The van der Waals surface area contributed by atoms with Crippen LogP contribution in [0.5, 0.6) is 0 Å². The normalized spacial score (nSPS) is 18.2. The summed E-state index contributed by atoms with van der Waals surface area (Å²) in [5.41, 5.74) is 3.57. The maximum absolute atomic E-state index is 13.1. The van der Waals surface area contributed by atoms with E-state index in [0.29, 0.717) is 5.92 Å². The maximum atomic E-state index is 13.1. The predicted octanol–water partition coefficient (Wildman–Crippen LogP) is 4.52. The van der Waals surface area contributed by atoms with Gasteiger partial charge in [-0.15, -0.1) is 24.8 Å². The van der Waals surface area contributed by atoms with Crippen LogP contribution in [0.25, 0.3) is 5.57 Å². The summed E-state index contributed by atoms with van der Waals surface area (Å²) in [6, 6.07) is 6.85. The second kappa shape index (κ2) is 6.86. The van der Waals surface area contributed by atoms with Gasteiger partial charge in [-0.05, 0) is 0 Å². The van der Waals surface area contributed by atoms with E-state index in [9.17, 15) is 4.39 Å². The molecular weight excluding hydrogens is 425 g/mol. The average molecular weight is 439 g/mol. The van der Waals surface area contributed by atoms with E-state index >= 15 is 0 Å². The number of halogens is 3. The first-order valence-electron chi connectivity index (χ1n) is 5.00. The first kappa shape index (κ1) is 17.1. The van der Waals surface area contributed by atoms with E-state index < -0.39 is 0 Å². The molecule has 0 saturated heterocycles. The molecule has 1 aliphatic rings. The minimum Gasteiger partial charge on any atom is -0.147 e. The van der Waals surface area contributed by atoms with Gasteiger partial charge in [0.15, 0.2) is 0 Å². The Morgan fingerprint density at radius 1 is 1.24 bits per heavy atom. The van der Waals surface area contributed by atoms with Crippen molar-refractivity contribution in [1.82, 2.24) is 0 Å². The summed E-state index contributed by atoms with van der Waals surface area (Å²) in [5.74, 6) is 0.380. The maximum Gasteiger partial charge on any atom is -0.147 e. The van der Waals surface area contributed by atoms with Crippen LogP contribution in [0.15, 0.2) is 39.2 Å². The molecule has 1 aromatic rings. The third-order valence-corrected chi connectivity index (χ3v) is 5.80. The summed E-state index contributed by atoms with van der Waals surface area (Å²) < 4.78 is 14.6. The van der Waals surface area contributed by atoms with Crippen molar-refractivity contribution in [2.75, 3.05) is 0 Å².